The zero-order valence-corrected chi connectivity index (χ0v) is 16.9. The number of ether oxygens (including phenoxy) is 1. The van der Waals surface area contributed by atoms with Gasteiger partial charge in [0.25, 0.3) is 0 Å². The number of hydrogen-bond acceptors (Lipinski definition) is 6. The Balaban J connectivity index is 1.69. The average Bonchev–Trinajstić information content (AvgIpc) is 3.22. The zero-order valence-electron chi connectivity index (χ0n) is 16.9. The van der Waals surface area contributed by atoms with Crippen LogP contribution < -0.4 is 4.90 Å². The number of nitrogens with zero attached hydrogens (tertiary/aromatic N) is 4. The molecule has 2 aliphatic rings. The summed E-state index contributed by atoms with van der Waals surface area (Å²) in [6, 6.07) is 3.92. The number of esters is 1. The van der Waals surface area contributed by atoms with E-state index in [1.807, 2.05) is 26.0 Å². The fourth-order valence-corrected chi connectivity index (χ4v) is 4.49. The minimum atomic E-state index is -0.502. The second kappa shape index (κ2) is 7.49. The normalized spacial score (nSPS) is 19.4. The predicted molar refractivity (Wildman–Crippen MR) is 108 cm³/mol. The van der Waals surface area contributed by atoms with Crippen LogP contribution in [0.15, 0.2) is 24.5 Å². The van der Waals surface area contributed by atoms with Crippen LogP contribution >= 0.6 is 0 Å². The van der Waals surface area contributed by atoms with Gasteiger partial charge in [-0.25, -0.2) is 9.97 Å². The van der Waals surface area contributed by atoms with Gasteiger partial charge in [-0.2, -0.15) is 0 Å². The lowest BCUT2D eigenvalue weighted by atomic mass is 9.74. The van der Waals surface area contributed by atoms with Crippen LogP contribution in [0.25, 0.3) is 11.4 Å². The fourth-order valence-electron chi connectivity index (χ4n) is 4.49. The van der Waals surface area contributed by atoms with Gasteiger partial charge in [-0.1, -0.05) is 0 Å². The molecule has 0 saturated carbocycles. The Morgan fingerprint density at radius 2 is 1.96 bits per heavy atom. The monoisotopic (exact) mass is 380 g/mol. The molecule has 1 aliphatic heterocycles. The van der Waals surface area contributed by atoms with E-state index in [-0.39, 0.29) is 11.9 Å². The summed E-state index contributed by atoms with van der Waals surface area (Å²) in [5.41, 5.74) is 2.95. The molecule has 0 aromatic carbocycles. The molecule has 1 fully saturated rings. The van der Waals surface area contributed by atoms with Crippen LogP contribution in [0.4, 0.5) is 5.82 Å². The van der Waals surface area contributed by atoms with Crippen molar-refractivity contribution in [3.63, 3.8) is 0 Å². The van der Waals surface area contributed by atoms with Crippen molar-refractivity contribution in [1.29, 1.82) is 0 Å². The van der Waals surface area contributed by atoms with E-state index in [1.54, 1.807) is 12.4 Å². The van der Waals surface area contributed by atoms with Gasteiger partial charge in [-0.15, -0.1) is 0 Å². The van der Waals surface area contributed by atoms with Gasteiger partial charge in [0.15, 0.2) is 5.82 Å². The van der Waals surface area contributed by atoms with Gasteiger partial charge < -0.3 is 9.64 Å². The van der Waals surface area contributed by atoms with Gasteiger partial charge in [0.2, 0.25) is 0 Å². The third kappa shape index (κ3) is 3.36. The lowest BCUT2D eigenvalue weighted by molar-refractivity contribution is -0.154. The first-order valence-electron chi connectivity index (χ1n) is 10.1. The third-order valence-corrected chi connectivity index (χ3v) is 6.30. The van der Waals surface area contributed by atoms with Crippen molar-refractivity contribution in [2.24, 2.45) is 11.3 Å². The van der Waals surface area contributed by atoms with E-state index in [2.05, 4.69) is 9.88 Å². The van der Waals surface area contributed by atoms with E-state index in [9.17, 15) is 4.79 Å². The van der Waals surface area contributed by atoms with E-state index in [1.165, 1.54) is 18.4 Å². The zero-order chi connectivity index (χ0) is 19.7. The van der Waals surface area contributed by atoms with Gasteiger partial charge in [-0.3, -0.25) is 9.78 Å². The van der Waals surface area contributed by atoms with Gasteiger partial charge in [-0.05, 0) is 64.0 Å². The standard InChI is InChI=1S/C22H28N4O2/c1-22(2,21(27)28-3)16-6-5-13-26(14-16)20-17-7-4-8-18(17)24-19(25-20)15-9-11-23-12-10-15/h9-12,16H,4-8,13-14H2,1-3H3. The molecule has 0 bridgehead atoms. The van der Waals surface area contributed by atoms with Gasteiger partial charge in [0.1, 0.15) is 5.82 Å². The summed E-state index contributed by atoms with van der Waals surface area (Å²) in [4.78, 5) is 28.6. The number of aromatic nitrogens is 3. The molecule has 0 radical (unpaired) electrons. The van der Waals surface area contributed by atoms with Crippen molar-refractivity contribution in [1.82, 2.24) is 15.0 Å². The maximum Gasteiger partial charge on any atom is 0.311 e. The first-order valence-corrected chi connectivity index (χ1v) is 10.1. The minimum Gasteiger partial charge on any atom is -0.469 e. The summed E-state index contributed by atoms with van der Waals surface area (Å²) in [5.74, 6) is 1.93. The minimum absolute atomic E-state index is 0.134. The van der Waals surface area contributed by atoms with Gasteiger partial charge >= 0.3 is 5.97 Å². The van der Waals surface area contributed by atoms with Crippen molar-refractivity contribution in [3.8, 4) is 11.4 Å². The molecule has 0 amide bonds. The van der Waals surface area contributed by atoms with Crippen LogP contribution in [0.3, 0.4) is 0 Å². The van der Waals surface area contributed by atoms with E-state index in [0.29, 0.717) is 0 Å². The lowest BCUT2D eigenvalue weighted by Crippen LogP contribution is -2.45. The van der Waals surface area contributed by atoms with Crippen LogP contribution in [0.1, 0.15) is 44.4 Å². The van der Waals surface area contributed by atoms with Gasteiger partial charge in [0, 0.05) is 42.3 Å². The molecule has 2 aromatic rings. The van der Waals surface area contributed by atoms with Crippen molar-refractivity contribution in [2.45, 2.75) is 46.0 Å². The summed E-state index contributed by atoms with van der Waals surface area (Å²) in [6.45, 7) is 5.79. The lowest BCUT2D eigenvalue weighted by Gasteiger charge is -2.40. The summed E-state index contributed by atoms with van der Waals surface area (Å²) in [6.07, 6.45) is 8.80. The Morgan fingerprint density at radius 3 is 2.71 bits per heavy atom. The van der Waals surface area contributed by atoms with Crippen molar-refractivity contribution < 1.29 is 9.53 Å². The molecule has 148 valence electrons. The second-order valence-electron chi connectivity index (χ2n) is 8.38. The molecule has 0 N–H and O–H groups in total. The van der Waals surface area contributed by atoms with Crippen LogP contribution in [0.5, 0.6) is 0 Å². The highest BCUT2D eigenvalue weighted by Gasteiger charge is 2.40. The highest BCUT2D eigenvalue weighted by atomic mass is 16.5. The molecular formula is C22H28N4O2. The first-order chi connectivity index (χ1) is 13.5. The Kier molecular flexibility index (Phi) is 5.04. The van der Waals surface area contributed by atoms with Crippen LogP contribution in [0.2, 0.25) is 0 Å². The van der Waals surface area contributed by atoms with Crippen LogP contribution in [0, 0.1) is 11.3 Å². The summed E-state index contributed by atoms with van der Waals surface area (Å²) >= 11 is 0. The maximum atomic E-state index is 12.3. The molecule has 3 heterocycles. The number of carbonyl (C=O) groups excluding carboxylic acids is 1. The van der Waals surface area contributed by atoms with E-state index in [0.717, 1.165) is 62.4 Å². The number of rotatable bonds is 4. The largest absolute Gasteiger partial charge is 0.469 e. The van der Waals surface area contributed by atoms with E-state index >= 15 is 0 Å². The molecule has 1 unspecified atom stereocenters. The number of hydrogen-bond donors (Lipinski definition) is 0. The Bertz CT molecular complexity index is 866. The molecule has 1 saturated heterocycles. The summed E-state index contributed by atoms with van der Waals surface area (Å²) < 4.78 is 5.07. The highest BCUT2D eigenvalue weighted by molar-refractivity contribution is 5.76. The molecule has 28 heavy (non-hydrogen) atoms. The van der Waals surface area contributed by atoms with Crippen molar-refractivity contribution in [2.75, 3.05) is 25.1 Å². The topological polar surface area (TPSA) is 68.2 Å². The quantitative estimate of drug-likeness (QED) is 0.757. The average molecular weight is 380 g/mol. The maximum absolute atomic E-state index is 12.3. The Hall–Kier alpha value is -2.50. The van der Waals surface area contributed by atoms with Gasteiger partial charge in [0.05, 0.1) is 12.5 Å². The van der Waals surface area contributed by atoms with Crippen molar-refractivity contribution >= 4 is 11.8 Å². The molecular weight excluding hydrogens is 352 g/mol. The number of methoxy groups -OCH3 is 1. The molecule has 4 rings (SSSR count). The first kappa shape index (κ1) is 18.8. The summed E-state index contributed by atoms with van der Waals surface area (Å²) in [7, 11) is 1.48. The smallest absolute Gasteiger partial charge is 0.311 e. The third-order valence-electron chi connectivity index (χ3n) is 6.30. The molecule has 6 heteroatoms. The molecule has 1 aliphatic carbocycles. The van der Waals surface area contributed by atoms with E-state index in [4.69, 9.17) is 14.7 Å². The number of carbonyl (C=O) groups is 1. The molecule has 1 atom stereocenters. The number of anilines is 1. The Morgan fingerprint density at radius 1 is 1.18 bits per heavy atom. The second-order valence-corrected chi connectivity index (χ2v) is 8.38. The number of aryl methyl sites for hydroxylation is 1. The molecule has 0 spiro atoms. The van der Waals surface area contributed by atoms with Crippen molar-refractivity contribution in [3.05, 3.63) is 35.8 Å². The molecule has 2 aromatic heterocycles. The number of fused-ring (bicyclic) bond motifs is 1. The fraction of sp³-hybridized carbons (Fsp3) is 0.545. The Labute approximate surface area is 166 Å². The number of piperidine rings is 1. The van der Waals surface area contributed by atoms with E-state index < -0.39 is 5.41 Å². The molecule has 6 nitrogen and oxygen atoms in total. The summed E-state index contributed by atoms with van der Waals surface area (Å²) in [5, 5.41) is 0. The highest BCUT2D eigenvalue weighted by Crippen LogP contribution is 2.38. The van der Waals surface area contributed by atoms with Crippen LogP contribution in [-0.2, 0) is 22.4 Å². The number of pyridine rings is 1. The predicted octanol–water partition coefficient (Wildman–Crippen LogP) is 3.44. The SMILES string of the molecule is COC(=O)C(C)(C)C1CCCN(c2nc(-c3ccncc3)nc3c2CCC3)C1. The van der Waals surface area contributed by atoms with Crippen LogP contribution in [-0.4, -0.2) is 41.1 Å².